The number of pyridine rings is 1. The molecule has 0 aromatic carbocycles. The summed E-state index contributed by atoms with van der Waals surface area (Å²) in [4.78, 5) is 3.96. The van der Waals surface area contributed by atoms with E-state index < -0.39 is 0 Å². The van der Waals surface area contributed by atoms with E-state index in [-0.39, 0.29) is 6.61 Å². The van der Waals surface area contributed by atoms with Gasteiger partial charge in [-0.1, -0.05) is 5.21 Å². The van der Waals surface area contributed by atoms with Gasteiger partial charge in [-0.3, -0.25) is 4.98 Å². The largest absolute Gasteiger partial charge is 0.394 e. The molecule has 0 aliphatic heterocycles. The molecular formula is C11H15N5O. The summed E-state index contributed by atoms with van der Waals surface area (Å²) in [6, 6.07) is 3.94. The summed E-state index contributed by atoms with van der Waals surface area (Å²) in [6.45, 7) is 1.99. The molecule has 2 aromatic rings. The first-order valence-electron chi connectivity index (χ1n) is 5.48. The van der Waals surface area contributed by atoms with Gasteiger partial charge < -0.3 is 10.4 Å². The van der Waals surface area contributed by atoms with Gasteiger partial charge >= 0.3 is 0 Å². The fraction of sp³-hybridized carbons (Fsp3) is 0.364. The van der Waals surface area contributed by atoms with Crippen LogP contribution in [-0.4, -0.2) is 31.7 Å². The Balaban J connectivity index is 1.78. The van der Waals surface area contributed by atoms with Gasteiger partial charge in [0.1, 0.15) is 0 Å². The number of hydrogen-bond acceptors (Lipinski definition) is 5. The van der Waals surface area contributed by atoms with Crippen molar-refractivity contribution < 1.29 is 5.11 Å². The lowest BCUT2D eigenvalue weighted by Gasteiger charge is -2.01. The van der Waals surface area contributed by atoms with Crippen LogP contribution in [0.1, 0.15) is 11.3 Å². The molecule has 90 valence electrons. The van der Waals surface area contributed by atoms with Crippen molar-refractivity contribution in [2.45, 2.75) is 19.6 Å². The first-order valence-corrected chi connectivity index (χ1v) is 5.48. The number of nitrogens with one attached hydrogen (secondary N) is 1. The molecule has 2 rings (SSSR count). The molecule has 0 atom stereocenters. The highest BCUT2D eigenvalue weighted by Crippen LogP contribution is 1.97. The Kier molecular flexibility index (Phi) is 4.17. The van der Waals surface area contributed by atoms with Gasteiger partial charge in [-0.2, -0.15) is 0 Å². The van der Waals surface area contributed by atoms with Crippen molar-refractivity contribution in [2.75, 3.05) is 6.61 Å². The second-order valence-corrected chi connectivity index (χ2v) is 3.66. The minimum atomic E-state index is 0.0766. The van der Waals surface area contributed by atoms with Gasteiger partial charge in [0.2, 0.25) is 0 Å². The van der Waals surface area contributed by atoms with Crippen molar-refractivity contribution in [2.24, 2.45) is 0 Å². The number of aliphatic hydroxyl groups excluding tert-OH is 1. The van der Waals surface area contributed by atoms with Crippen LogP contribution in [0, 0.1) is 0 Å². The number of rotatable bonds is 6. The third-order valence-corrected chi connectivity index (χ3v) is 2.30. The van der Waals surface area contributed by atoms with E-state index in [0.29, 0.717) is 13.1 Å². The van der Waals surface area contributed by atoms with E-state index in [2.05, 4.69) is 20.6 Å². The molecule has 0 saturated carbocycles. The minimum absolute atomic E-state index is 0.0766. The molecular weight excluding hydrogens is 218 g/mol. The standard InChI is InChI=1S/C11H15N5O/c17-6-5-16-9-11(14-15-16)8-13-7-10-1-3-12-4-2-10/h1-4,9,13,17H,5-8H2. The van der Waals surface area contributed by atoms with Crippen molar-refractivity contribution in [3.8, 4) is 0 Å². The maximum absolute atomic E-state index is 8.74. The summed E-state index contributed by atoms with van der Waals surface area (Å²) in [6.07, 6.45) is 5.37. The SMILES string of the molecule is OCCn1cc(CNCc2ccncc2)nn1. The first kappa shape index (κ1) is 11.7. The fourth-order valence-corrected chi connectivity index (χ4v) is 1.47. The Morgan fingerprint density at radius 3 is 2.82 bits per heavy atom. The van der Waals surface area contributed by atoms with Gasteiger partial charge in [-0.25, -0.2) is 4.68 Å². The van der Waals surface area contributed by atoms with Crippen LogP contribution >= 0.6 is 0 Å². The average molecular weight is 233 g/mol. The molecule has 0 amide bonds. The maximum Gasteiger partial charge on any atom is 0.0964 e. The molecule has 6 heteroatoms. The highest BCUT2D eigenvalue weighted by atomic mass is 16.3. The number of aromatic nitrogens is 4. The summed E-state index contributed by atoms with van der Waals surface area (Å²) in [5.41, 5.74) is 2.05. The molecule has 6 nitrogen and oxygen atoms in total. The van der Waals surface area contributed by atoms with Crippen LogP contribution in [0.15, 0.2) is 30.7 Å². The lowest BCUT2D eigenvalue weighted by atomic mass is 10.3. The highest BCUT2D eigenvalue weighted by molar-refractivity contribution is 5.09. The van der Waals surface area contributed by atoms with Crippen LogP contribution in [0.5, 0.6) is 0 Å². The van der Waals surface area contributed by atoms with Gasteiger partial charge in [-0.05, 0) is 17.7 Å². The molecule has 2 heterocycles. The number of aliphatic hydroxyl groups is 1. The summed E-state index contributed by atoms with van der Waals surface area (Å²) >= 11 is 0. The zero-order valence-electron chi connectivity index (χ0n) is 9.45. The molecule has 0 aliphatic carbocycles. The molecule has 0 unspecified atom stereocenters. The Bertz CT molecular complexity index is 442. The van der Waals surface area contributed by atoms with E-state index in [1.165, 1.54) is 5.56 Å². The van der Waals surface area contributed by atoms with Crippen molar-refractivity contribution in [3.63, 3.8) is 0 Å². The molecule has 0 spiro atoms. The summed E-state index contributed by atoms with van der Waals surface area (Å²) < 4.78 is 1.63. The van der Waals surface area contributed by atoms with E-state index in [9.17, 15) is 0 Å². The van der Waals surface area contributed by atoms with Gasteiger partial charge in [0.15, 0.2) is 0 Å². The predicted molar refractivity (Wildman–Crippen MR) is 61.9 cm³/mol. The highest BCUT2D eigenvalue weighted by Gasteiger charge is 1.99. The first-order chi connectivity index (χ1) is 8.38. The molecule has 2 N–H and O–H groups in total. The Morgan fingerprint density at radius 2 is 2.06 bits per heavy atom. The third-order valence-electron chi connectivity index (χ3n) is 2.30. The molecule has 0 bridgehead atoms. The second kappa shape index (κ2) is 6.07. The van der Waals surface area contributed by atoms with Gasteiger partial charge in [0.25, 0.3) is 0 Å². The maximum atomic E-state index is 8.74. The van der Waals surface area contributed by atoms with E-state index in [0.717, 1.165) is 12.2 Å². The Labute approximate surface area is 99.3 Å². The predicted octanol–water partition coefficient (Wildman–Crippen LogP) is -0.0448. The van der Waals surface area contributed by atoms with E-state index >= 15 is 0 Å². The summed E-state index contributed by atoms with van der Waals surface area (Å²) in [5, 5.41) is 19.9. The quantitative estimate of drug-likeness (QED) is 0.732. The van der Waals surface area contributed by atoms with E-state index in [1.807, 2.05) is 18.3 Å². The van der Waals surface area contributed by atoms with Crippen molar-refractivity contribution in [3.05, 3.63) is 42.0 Å². The van der Waals surface area contributed by atoms with Gasteiger partial charge in [0, 0.05) is 31.7 Å². The second-order valence-electron chi connectivity index (χ2n) is 3.66. The topological polar surface area (TPSA) is 75.9 Å². The van der Waals surface area contributed by atoms with Crippen LogP contribution < -0.4 is 5.32 Å². The molecule has 17 heavy (non-hydrogen) atoms. The molecule has 0 radical (unpaired) electrons. The molecule has 0 aliphatic rings. The third kappa shape index (κ3) is 3.61. The van der Waals surface area contributed by atoms with Crippen molar-refractivity contribution in [1.29, 1.82) is 0 Å². The van der Waals surface area contributed by atoms with Crippen LogP contribution in [0.2, 0.25) is 0 Å². The van der Waals surface area contributed by atoms with Gasteiger partial charge in [-0.15, -0.1) is 5.10 Å². The normalized spacial score (nSPS) is 10.6. The summed E-state index contributed by atoms with van der Waals surface area (Å²) in [5.74, 6) is 0. The monoisotopic (exact) mass is 233 g/mol. The summed E-state index contributed by atoms with van der Waals surface area (Å²) in [7, 11) is 0. The van der Waals surface area contributed by atoms with Crippen molar-refractivity contribution >= 4 is 0 Å². The van der Waals surface area contributed by atoms with Gasteiger partial charge in [0.05, 0.1) is 18.8 Å². The van der Waals surface area contributed by atoms with Crippen molar-refractivity contribution in [1.82, 2.24) is 25.3 Å². The number of hydrogen-bond donors (Lipinski definition) is 2. The van der Waals surface area contributed by atoms with Crippen LogP contribution in [0.3, 0.4) is 0 Å². The lowest BCUT2D eigenvalue weighted by molar-refractivity contribution is 0.268. The fourth-order valence-electron chi connectivity index (χ4n) is 1.47. The zero-order chi connectivity index (χ0) is 11.9. The number of nitrogens with zero attached hydrogens (tertiary/aromatic N) is 4. The Hall–Kier alpha value is -1.79. The lowest BCUT2D eigenvalue weighted by Crippen LogP contribution is -2.12. The van der Waals surface area contributed by atoms with E-state index in [4.69, 9.17) is 5.11 Å². The van der Waals surface area contributed by atoms with Crippen LogP contribution in [0.4, 0.5) is 0 Å². The van der Waals surface area contributed by atoms with E-state index in [1.54, 1.807) is 17.1 Å². The Morgan fingerprint density at radius 1 is 1.24 bits per heavy atom. The molecule has 2 aromatic heterocycles. The minimum Gasteiger partial charge on any atom is -0.394 e. The van der Waals surface area contributed by atoms with Crippen LogP contribution in [0.25, 0.3) is 0 Å². The van der Waals surface area contributed by atoms with Crippen LogP contribution in [-0.2, 0) is 19.6 Å². The zero-order valence-corrected chi connectivity index (χ0v) is 9.45. The smallest absolute Gasteiger partial charge is 0.0964 e. The molecule has 0 saturated heterocycles. The molecule has 0 fully saturated rings. The average Bonchev–Trinajstić information content (AvgIpc) is 2.79.